The summed E-state index contributed by atoms with van der Waals surface area (Å²) in [7, 11) is 1.93. The molecule has 44 valence electrons. The molecule has 0 saturated carbocycles. The first-order chi connectivity index (χ1) is 3.70. The van der Waals surface area contributed by atoms with Gasteiger partial charge in [-0.15, -0.1) is 0 Å². The third-order valence-electron chi connectivity index (χ3n) is 0.954. The van der Waals surface area contributed by atoms with E-state index in [1.165, 1.54) is 3.57 Å². The van der Waals surface area contributed by atoms with Crippen molar-refractivity contribution in [2.45, 2.75) is 6.92 Å². The number of aryl methyl sites for hydroxylation is 2. The van der Waals surface area contributed by atoms with Gasteiger partial charge in [0.1, 0.15) is 0 Å². The van der Waals surface area contributed by atoms with Gasteiger partial charge >= 0.3 is 0 Å². The quantitative estimate of drug-likeness (QED) is 0.605. The lowest BCUT2D eigenvalue weighted by Crippen LogP contribution is -1.86. The van der Waals surface area contributed by atoms with Crippen LogP contribution in [0, 0.1) is 10.5 Å². The highest BCUT2D eigenvalue weighted by Crippen LogP contribution is 2.06. The summed E-state index contributed by atoms with van der Waals surface area (Å²) in [6.45, 7) is 2.00. The lowest BCUT2D eigenvalue weighted by molar-refractivity contribution is 0.756. The summed E-state index contributed by atoms with van der Waals surface area (Å²) in [6.07, 6.45) is 2.00. The Morgan fingerprint density at radius 2 is 2.38 bits per heavy atom. The van der Waals surface area contributed by atoms with Crippen LogP contribution < -0.4 is 0 Å². The average molecular weight is 222 g/mol. The summed E-state index contributed by atoms with van der Waals surface area (Å²) in [5.41, 5.74) is 1.10. The topological polar surface area (TPSA) is 17.8 Å². The van der Waals surface area contributed by atoms with Gasteiger partial charge in [-0.25, -0.2) is 0 Å². The zero-order valence-corrected chi connectivity index (χ0v) is 7.01. The number of aromatic nitrogens is 2. The van der Waals surface area contributed by atoms with Gasteiger partial charge in [0.25, 0.3) is 0 Å². The summed E-state index contributed by atoms with van der Waals surface area (Å²) < 4.78 is 3.04. The summed E-state index contributed by atoms with van der Waals surface area (Å²) in [5.74, 6) is 0. The van der Waals surface area contributed by atoms with Crippen molar-refractivity contribution in [1.82, 2.24) is 9.78 Å². The first-order valence-corrected chi connectivity index (χ1v) is 3.44. The maximum atomic E-state index is 4.12. The van der Waals surface area contributed by atoms with Crippen LogP contribution in [0.15, 0.2) is 6.20 Å². The second kappa shape index (κ2) is 2.05. The summed E-state index contributed by atoms with van der Waals surface area (Å²) in [5, 5.41) is 4.12. The molecule has 0 aliphatic carbocycles. The summed E-state index contributed by atoms with van der Waals surface area (Å²) in [6, 6.07) is 0. The van der Waals surface area contributed by atoms with Crippen molar-refractivity contribution in [3.05, 3.63) is 15.5 Å². The average Bonchev–Trinajstić information content (AvgIpc) is 1.85. The number of hydrogen-bond acceptors (Lipinski definition) is 1. The van der Waals surface area contributed by atoms with Gasteiger partial charge in [-0.05, 0) is 29.5 Å². The van der Waals surface area contributed by atoms with Crippen LogP contribution in [0.2, 0.25) is 0 Å². The van der Waals surface area contributed by atoms with Crippen molar-refractivity contribution in [3.63, 3.8) is 0 Å². The molecule has 1 aromatic heterocycles. The van der Waals surface area contributed by atoms with Crippen molar-refractivity contribution < 1.29 is 0 Å². The van der Waals surface area contributed by atoms with E-state index >= 15 is 0 Å². The number of nitrogens with zero attached hydrogens (tertiary/aromatic N) is 2. The minimum Gasteiger partial charge on any atom is -0.274 e. The first-order valence-electron chi connectivity index (χ1n) is 2.36. The normalized spacial score (nSPS) is 9.88. The van der Waals surface area contributed by atoms with E-state index in [-0.39, 0.29) is 0 Å². The highest BCUT2D eigenvalue weighted by atomic mass is 127. The van der Waals surface area contributed by atoms with E-state index in [9.17, 15) is 0 Å². The van der Waals surface area contributed by atoms with Gasteiger partial charge in [-0.2, -0.15) is 5.10 Å². The molecular weight excluding hydrogens is 215 g/mol. The van der Waals surface area contributed by atoms with Crippen LogP contribution in [0.5, 0.6) is 0 Å². The molecule has 0 amide bonds. The van der Waals surface area contributed by atoms with Gasteiger partial charge in [0.15, 0.2) is 0 Å². The van der Waals surface area contributed by atoms with Gasteiger partial charge in [0.05, 0.1) is 9.26 Å². The second-order valence-electron chi connectivity index (χ2n) is 1.74. The maximum absolute atomic E-state index is 4.12. The molecule has 0 aliphatic rings. The molecule has 0 atom stereocenters. The molecule has 0 fully saturated rings. The van der Waals surface area contributed by atoms with E-state index in [1.54, 1.807) is 0 Å². The molecule has 0 saturated heterocycles. The molecule has 3 heteroatoms. The fourth-order valence-electron chi connectivity index (χ4n) is 0.571. The molecule has 2 nitrogen and oxygen atoms in total. The molecule has 0 bridgehead atoms. The van der Waals surface area contributed by atoms with E-state index in [2.05, 4.69) is 27.7 Å². The lowest BCUT2D eigenvalue weighted by Gasteiger charge is -1.79. The van der Waals surface area contributed by atoms with Crippen molar-refractivity contribution in [2.24, 2.45) is 7.05 Å². The smallest absolute Gasteiger partial charge is 0.0726 e. The fraction of sp³-hybridized carbons (Fsp3) is 0.400. The Bertz CT molecular complexity index is 173. The number of rotatable bonds is 0. The molecule has 1 aromatic rings. The zero-order valence-electron chi connectivity index (χ0n) is 4.85. The Morgan fingerprint density at radius 1 is 1.75 bits per heavy atom. The van der Waals surface area contributed by atoms with Gasteiger partial charge in [0.2, 0.25) is 0 Å². The van der Waals surface area contributed by atoms with E-state index in [4.69, 9.17) is 0 Å². The monoisotopic (exact) mass is 222 g/mol. The molecular formula is C5H7IN2. The summed E-state index contributed by atoms with van der Waals surface area (Å²) >= 11 is 2.26. The van der Waals surface area contributed by atoms with Crippen LogP contribution >= 0.6 is 22.6 Å². The maximum Gasteiger partial charge on any atom is 0.0726 e. The molecule has 1 rings (SSSR count). The zero-order chi connectivity index (χ0) is 6.15. The predicted octanol–water partition coefficient (Wildman–Crippen LogP) is 1.33. The van der Waals surface area contributed by atoms with Crippen LogP contribution in [-0.2, 0) is 7.05 Å². The molecule has 0 aromatic carbocycles. The van der Waals surface area contributed by atoms with Crippen LogP contribution in [-0.4, -0.2) is 9.78 Å². The molecule has 0 unspecified atom stereocenters. The standard InChI is InChI=1S/C5H7IN2/c1-4-5(6)3-8(2)7-4/h3H,1-2H3. The van der Waals surface area contributed by atoms with Crippen LogP contribution in [0.1, 0.15) is 5.69 Å². The minimum absolute atomic E-state index is 1.10. The predicted molar refractivity (Wildman–Crippen MR) is 40.7 cm³/mol. The van der Waals surface area contributed by atoms with Gasteiger partial charge in [-0.3, -0.25) is 4.68 Å². The number of halogens is 1. The Hall–Kier alpha value is -0.0600. The van der Waals surface area contributed by atoms with E-state index in [0.717, 1.165) is 5.69 Å². The molecule has 0 aliphatic heterocycles. The highest BCUT2D eigenvalue weighted by Gasteiger charge is 1.94. The van der Waals surface area contributed by atoms with Gasteiger partial charge in [0, 0.05) is 13.2 Å². The second-order valence-corrected chi connectivity index (χ2v) is 2.90. The molecule has 1 heterocycles. The SMILES string of the molecule is Cc1nn(C)cc1I. The fourth-order valence-corrected chi connectivity index (χ4v) is 1.08. The van der Waals surface area contributed by atoms with Gasteiger partial charge < -0.3 is 0 Å². The minimum atomic E-state index is 1.10. The van der Waals surface area contributed by atoms with Gasteiger partial charge in [-0.1, -0.05) is 0 Å². The van der Waals surface area contributed by atoms with Crippen molar-refractivity contribution in [1.29, 1.82) is 0 Å². The van der Waals surface area contributed by atoms with Crippen LogP contribution in [0.4, 0.5) is 0 Å². The van der Waals surface area contributed by atoms with E-state index in [1.807, 2.05) is 24.9 Å². The Morgan fingerprint density at radius 3 is 2.50 bits per heavy atom. The van der Waals surface area contributed by atoms with Crippen molar-refractivity contribution in [3.8, 4) is 0 Å². The van der Waals surface area contributed by atoms with Crippen LogP contribution in [0.3, 0.4) is 0 Å². The third-order valence-corrected chi connectivity index (χ3v) is 2.01. The van der Waals surface area contributed by atoms with E-state index in [0.29, 0.717) is 0 Å². The molecule has 8 heavy (non-hydrogen) atoms. The first kappa shape index (κ1) is 6.07. The number of hydrogen-bond donors (Lipinski definition) is 0. The highest BCUT2D eigenvalue weighted by molar-refractivity contribution is 14.1. The van der Waals surface area contributed by atoms with E-state index < -0.39 is 0 Å². The molecule has 0 N–H and O–H groups in total. The Kier molecular flexibility index (Phi) is 1.55. The Labute approximate surface area is 62.0 Å². The van der Waals surface area contributed by atoms with Crippen LogP contribution in [0.25, 0.3) is 0 Å². The molecule has 0 spiro atoms. The largest absolute Gasteiger partial charge is 0.274 e. The van der Waals surface area contributed by atoms with Crippen molar-refractivity contribution >= 4 is 22.6 Å². The molecule has 0 radical (unpaired) electrons. The Balaban J connectivity index is 3.14. The van der Waals surface area contributed by atoms with Crippen molar-refractivity contribution in [2.75, 3.05) is 0 Å². The third kappa shape index (κ3) is 1.02. The summed E-state index contributed by atoms with van der Waals surface area (Å²) in [4.78, 5) is 0. The lowest BCUT2D eigenvalue weighted by atomic mass is 10.5.